The van der Waals surface area contributed by atoms with Crippen molar-refractivity contribution in [3.8, 4) is 0 Å². The number of hydrogen-bond donors (Lipinski definition) is 3. The first kappa shape index (κ1) is 18.6. The topological polar surface area (TPSA) is 95.9 Å². The highest BCUT2D eigenvalue weighted by Crippen LogP contribution is 2.21. The molecule has 0 aliphatic carbocycles. The molecule has 24 heavy (non-hydrogen) atoms. The number of aliphatic hydroxyl groups excluding tert-OH is 1. The van der Waals surface area contributed by atoms with Crippen LogP contribution in [-0.4, -0.2) is 47.6 Å². The van der Waals surface area contributed by atoms with Gasteiger partial charge in [0.05, 0.1) is 24.2 Å². The monoisotopic (exact) mass is 349 g/mol. The SMILES string of the molecule is CC(=O)C[C@H]1C=CC[C@H](NC(=O)/C(=C\CO)c2cccs2)B(O)O1. The largest absolute Gasteiger partial charge is 0.478 e. The van der Waals surface area contributed by atoms with E-state index in [1.165, 1.54) is 24.3 Å². The summed E-state index contributed by atoms with van der Waals surface area (Å²) in [5.74, 6) is -1.06. The summed E-state index contributed by atoms with van der Waals surface area (Å²) in [4.78, 5) is 24.4. The average Bonchev–Trinajstić information content (AvgIpc) is 2.98. The lowest BCUT2D eigenvalue weighted by molar-refractivity contribution is -0.118. The van der Waals surface area contributed by atoms with Crippen molar-refractivity contribution < 1.29 is 24.4 Å². The average molecular weight is 349 g/mol. The number of amides is 1. The minimum atomic E-state index is -1.22. The quantitative estimate of drug-likeness (QED) is 0.404. The van der Waals surface area contributed by atoms with Gasteiger partial charge in [0.15, 0.2) is 0 Å². The first-order valence-corrected chi connectivity index (χ1v) is 8.54. The van der Waals surface area contributed by atoms with Gasteiger partial charge in [0, 0.05) is 11.3 Å². The molecule has 8 heteroatoms. The van der Waals surface area contributed by atoms with Gasteiger partial charge in [-0.3, -0.25) is 9.59 Å². The lowest BCUT2D eigenvalue weighted by Crippen LogP contribution is -2.48. The molecule has 1 aliphatic heterocycles. The predicted molar refractivity (Wildman–Crippen MR) is 93.2 cm³/mol. The Morgan fingerprint density at radius 1 is 1.54 bits per heavy atom. The summed E-state index contributed by atoms with van der Waals surface area (Å²) in [6, 6.07) is 3.60. The van der Waals surface area contributed by atoms with Gasteiger partial charge in [-0.2, -0.15) is 0 Å². The van der Waals surface area contributed by atoms with Crippen LogP contribution in [-0.2, 0) is 14.2 Å². The molecule has 6 nitrogen and oxygen atoms in total. The van der Waals surface area contributed by atoms with E-state index in [0.29, 0.717) is 12.0 Å². The first-order valence-electron chi connectivity index (χ1n) is 7.66. The molecule has 3 N–H and O–H groups in total. The van der Waals surface area contributed by atoms with Crippen LogP contribution in [0, 0.1) is 0 Å². The number of carbonyl (C=O) groups is 2. The molecule has 1 aromatic rings. The van der Waals surface area contributed by atoms with E-state index >= 15 is 0 Å². The van der Waals surface area contributed by atoms with E-state index in [1.807, 2.05) is 11.4 Å². The minimum absolute atomic E-state index is 0.0369. The number of carbonyl (C=O) groups excluding carboxylic acids is 2. The molecular formula is C16H20BNO5S. The van der Waals surface area contributed by atoms with Crippen molar-refractivity contribution in [2.24, 2.45) is 0 Å². The Morgan fingerprint density at radius 2 is 2.33 bits per heavy atom. The van der Waals surface area contributed by atoms with E-state index < -0.39 is 25.1 Å². The van der Waals surface area contributed by atoms with Gasteiger partial charge in [-0.15, -0.1) is 11.3 Å². The molecular weight excluding hydrogens is 329 g/mol. The van der Waals surface area contributed by atoms with Crippen molar-refractivity contribution >= 4 is 35.7 Å². The fourth-order valence-electron chi connectivity index (χ4n) is 2.42. The normalized spacial score (nSPS) is 21.5. The standard InChI is InChI=1S/C16H20BNO5S/c1-11(20)10-12-4-2-6-15(17(22)23-12)18-16(21)13(7-8-19)14-5-3-9-24-14/h2-5,7,9,12,15,19,22H,6,8,10H2,1H3,(H,18,21)/b13-7-/t12-,15+/m1/s1. The maximum Gasteiger partial charge on any atom is 0.478 e. The van der Waals surface area contributed by atoms with Gasteiger partial charge in [-0.25, -0.2) is 0 Å². The predicted octanol–water partition coefficient (Wildman–Crippen LogP) is 0.952. The van der Waals surface area contributed by atoms with E-state index in [4.69, 9.17) is 9.76 Å². The van der Waals surface area contributed by atoms with Crippen molar-refractivity contribution in [2.75, 3.05) is 6.61 Å². The molecule has 1 amide bonds. The van der Waals surface area contributed by atoms with Crippen molar-refractivity contribution in [3.05, 3.63) is 40.6 Å². The molecule has 0 fully saturated rings. The van der Waals surface area contributed by atoms with Gasteiger partial charge in [0.1, 0.15) is 5.78 Å². The van der Waals surface area contributed by atoms with Crippen molar-refractivity contribution in [1.29, 1.82) is 0 Å². The molecule has 2 atom stereocenters. The molecule has 0 spiro atoms. The van der Waals surface area contributed by atoms with Crippen LogP contribution in [0.15, 0.2) is 35.7 Å². The van der Waals surface area contributed by atoms with Crippen LogP contribution in [0.25, 0.3) is 5.57 Å². The molecule has 1 aromatic heterocycles. The number of nitrogens with one attached hydrogen (secondary N) is 1. The van der Waals surface area contributed by atoms with Crippen LogP contribution >= 0.6 is 11.3 Å². The van der Waals surface area contributed by atoms with Crippen LogP contribution in [0.3, 0.4) is 0 Å². The van der Waals surface area contributed by atoms with Gasteiger partial charge >= 0.3 is 7.12 Å². The summed E-state index contributed by atoms with van der Waals surface area (Å²) in [5.41, 5.74) is 0.355. The van der Waals surface area contributed by atoms with Gasteiger partial charge in [-0.05, 0) is 30.9 Å². The maximum atomic E-state index is 12.5. The first-order chi connectivity index (χ1) is 11.5. The highest BCUT2D eigenvalue weighted by atomic mass is 32.1. The Labute approximate surface area is 145 Å². The fourth-order valence-corrected chi connectivity index (χ4v) is 3.18. The van der Waals surface area contributed by atoms with Crippen molar-refractivity contribution in [3.63, 3.8) is 0 Å². The van der Waals surface area contributed by atoms with Crippen molar-refractivity contribution in [1.82, 2.24) is 5.32 Å². The lowest BCUT2D eigenvalue weighted by atomic mass is 9.77. The summed E-state index contributed by atoms with van der Waals surface area (Å²) >= 11 is 1.39. The van der Waals surface area contributed by atoms with Gasteiger partial charge in [0.2, 0.25) is 0 Å². The number of rotatable bonds is 6. The van der Waals surface area contributed by atoms with E-state index in [2.05, 4.69) is 5.32 Å². The lowest BCUT2D eigenvalue weighted by Gasteiger charge is -2.21. The van der Waals surface area contributed by atoms with E-state index in [0.717, 1.165) is 4.88 Å². The molecule has 0 radical (unpaired) electrons. The molecule has 1 aliphatic rings. The smallest absolute Gasteiger partial charge is 0.426 e. The molecule has 128 valence electrons. The molecule has 2 heterocycles. The Bertz CT molecular complexity index is 628. The summed E-state index contributed by atoms with van der Waals surface area (Å²) < 4.78 is 5.43. The third-order valence-corrected chi connectivity index (χ3v) is 4.43. The Hall–Kier alpha value is -1.74. The van der Waals surface area contributed by atoms with E-state index in [9.17, 15) is 14.6 Å². The summed E-state index contributed by atoms with van der Waals surface area (Å²) in [6.07, 6.45) is 5.01. The second kappa shape index (κ2) is 8.93. The number of hydrogen-bond acceptors (Lipinski definition) is 6. The number of thiophene rings is 1. The van der Waals surface area contributed by atoms with Gasteiger partial charge in [-0.1, -0.05) is 18.2 Å². The van der Waals surface area contributed by atoms with Crippen molar-refractivity contribution in [2.45, 2.75) is 31.8 Å². The number of aliphatic hydroxyl groups is 1. The maximum absolute atomic E-state index is 12.5. The highest BCUT2D eigenvalue weighted by molar-refractivity contribution is 7.11. The molecule has 0 bridgehead atoms. The zero-order valence-electron chi connectivity index (χ0n) is 13.3. The fraction of sp³-hybridized carbons (Fsp3) is 0.375. The summed E-state index contributed by atoms with van der Waals surface area (Å²) in [7, 11) is -1.22. The summed E-state index contributed by atoms with van der Waals surface area (Å²) in [5, 5.41) is 23.9. The Kier molecular flexibility index (Phi) is 6.92. The van der Waals surface area contributed by atoms with Crippen LogP contribution in [0.4, 0.5) is 0 Å². The highest BCUT2D eigenvalue weighted by Gasteiger charge is 2.33. The van der Waals surface area contributed by atoms with Crippen LogP contribution < -0.4 is 5.32 Å². The van der Waals surface area contributed by atoms with E-state index in [-0.39, 0.29) is 18.8 Å². The Balaban J connectivity index is 2.04. The van der Waals surface area contributed by atoms with Gasteiger partial charge in [0.25, 0.3) is 5.91 Å². The minimum Gasteiger partial charge on any atom is -0.426 e. The Morgan fingerprint density at radius 3 is 2.96 bits per heavy atom. The van der Waals surface area contributed by atoms with Gasteiger partial charge < -0.3 is 20.1 Å². The second-order valence-electron chi connectivity index (χ2n) is 5.49. The molecule has 0 saturated carbocycles. The third kappa shape index (κ3) is 5.14. The number of ketones is 1. The summed E-state index contributed by atoms with van der Waals surface area (Å²) in [6.45, 7) is 1.20. The molecule has 0 unspecified atom stereocenters. The molecule has 0 aromatic carbocycles. The van der Waals surface area contributed by atoms with E-state index in [1.54, 1.807) is 18.2 Å². The van der Waals surface area contributed by atoms with Crippen LogP contribution in [0.5, 0.6) is 0 Å². The van der Waals surface area contributed by atoms with Crippen LogP contribution in [0.2, 0.25) is 0 Å². The molecule has 2 rings (SSSR count). The zero-order valence-corrected chi connectivity index (χ0v) is 14.2. The third-order valence-electron chi connectivity index (χ3n) is 3.53. The van der Waals surface area contributed by atoms with Crippen LogP contribution in [0.1, 0.15) is 24.6 Å². The number of Topliss-reactive ketones (excluding diaryl/α,β-unsaturated/α-hetero) is 1. The molecule has 0 saturated heterocycles. The second-order valence-corrected chi connectivity index (χ2v) is 6.44. The zero-order chi connectivity index (χ0) is 17.5.